The molecule has 0 bridgehead atoms. The Kier molecular flexibility index (Phi) is 2.41. The maximum absolute atomic E-state index is 10.9. The summed E-state index contributed by atoms with van der Waals surface area (Å²) in [4.78, 5) is 23.0. The van der Waals surface area contributed by atoms with Crippen molar-refractivity contribution in [1.29, 1.82) is 0 Å². The van der Waals surface area contributed by atoms with E-state index in [1.807, 2.05) is 0 Å². The van der Waals surface area contributed by atoms with Gasteiger partial charge in [0, 0.05) is 0 Å². The molecule has 2 amide bonds. The molecule has 0 unspecified atom stereocenters. The second kappa shape index (κ2) is 3.32. The van der Waals surface area contributed by atoms with Crippen LogP contribution in [0.3, 0.4) is 0 Å². The first-order valence-electron chi connectivity index (χ1n) is 3.35. The average molecular weight is 151 g/mol. The number of amides is 2. The molecule has 1 heterocycles. The number of carbonyl (C=O) groups excluding carboxylic acids is 2. The van der Waals surface area contributed by atoms with E-state index in [1.165, 1.54) is 6.09 Å². The fourth-order valence-electron chi connectivity index (χ4n) is 0.943. The number of likely N-dealkylation sites (tertiary alicyclic amines) is 1. The van der Waals surface area contributed by atoms with Gasteiger partial charge in [-0.2, -0.15) is 0 Å². The molecule has 0 spiro atoms. The molecule has 1 rings (SSSR count). The summed E-state index contributed by atoms with van der Waals surface area (Å²) >= 11 is 0. The van der Waals surface area contributed by atoms with Gasteiger partial charge in [-0.15, -0.1) is 0 Å². The molecule has 0 aromatic heterocycles. The zero-order valence-electron chi connectivity index (χ0n) is 6.04. The number of carbonyl (C=O) groups is 2. The standard InChI is InChI=1S/C6H8BN2O2/c7-3-8-4-9-5(10)1-2-6(9)11/h3,8H,1-2,4H2. The molecule has 1 aliphatic heterocycles. The number of hydrogen-bond acceptors (Lipinski definition) is 3. The van der Waals surface area contributed by atoms with E-state index >= 15 is 0 Å². The molecular weight excluding hydrogens is 143 g/mol. The molecule has 1 fully saturated rings. The van der Waals surface area contributed by atoms with Crippen LogP contribution >= 0.6 is 0 Å². The summed E-state index contributed by atoms with van der Waals surface area (Å²) in [5, 5.41) is 2.59. The van der Waals surface area contributed by atoms with Gasteiger partial charge in [-0.25, -0.2) is 0 Å². The third-order valence-corrected chi connectivity index (χ3v) is 1.52. The van der Waals surface area contributed by atoms with E-state index in [0.29, 0.717) is 12.8 Å². The summed E-state index contributed by atoms with van der Waals surface area (Å²) in [5.74, 6) is -0.270. The minimum atomic E-state index is -0.135. The van der Waals surface area contributed by atoms with Gasteiger partial charge in [0.2, 0.25) is 0 Å². The average Bonchev–Trinajstić information content (AvgIpc) is 2.29. The van der Waals surface area contributed by atoms with E-state index in [0.717, 1.165) is 4.90 Å². The number of imide groups is 1. The molecule has 0 saturated carbocycles. The normalized spacial score (nSPS) is 17.2. The summed E-state index contributed by atoms with van der Waals surface area (Å²) in [7, 11) is 5.01. The first-order valence-corrected chi connectivity index (χ1v) is 3.35. The van der Waals surface area contributed by atoms with E-state index in [9.17, 15) is 9.59 Å². The molecule has 57 valence electrons. The van der Waals surface area contributed by atoms with E-state index in [4.69, 9.17) is 7.49 Å². The summed E-state index contributed by atoms with van der Waals surface area (Å²) in [6, 6.07) is 0. The van der Waals surface area contributed by atoms with Crippen molar-refractivity contribution in [2.75, 3.05) is 6.67 Å². The predicted octanol–water partition coefficient (Wildman–Crippen LogP) is -1.39. The van der Waals surface area contributed by atoms with Crippen LogP contribution in [-0.4, -0.2) is 37.0 Å². The van der Waals surface area contributed by atoms with Crippen LogP contribution in [0.1, 0.15) is 12.8 Å². The second-order valence-electron chi connectivity index (χ2n) is 2.24. The third kappa shape index (κ3) is 1.66. The van der Waals surface area contributed by atoms with Crippen molar-refractivity contribution >= 4 is 25.4 Å². The molecule has 1 aliphatic rings. The van der Waals surface area contributed by atoms with Crippen LogP contribution in [0.5, 0.6) is 0 Å². The molecule has 1 N–H and O–H groups in total. The van der Waals surface area contributed by atoms with E-state index < -0.39 is 0 Å². The van der Waals surface area contributed by atoms with E-state index in [2.05, 4.69) is 5.32 Å². The Morgan fingerprint density at radius 3 is 2.45 bits per heavy atom. The Balaban J connectivity index is 2.47. The summed E-state index contributed by atoms with van der Waals surface area (Å²) in [6.07, 6.45) is 1.86. The van der Waals surface area contributed by atoms with Gasteiger partial charge in [-0.05, 0) is 0 Å². The number of nitrogens with zero attached hydrogens (tertiary/aromatic N) is 1. The number of nitrogens with one attached hydrogen (secondary N) is 1. The molecule has 0 atom stereocenters. The Hall–Kier alpha value is -1.13. The fraction of sp³-hybridized carbons (Fsp3) is 0.500. The molecule has 5 heteroatoms. The van der Waals surface area contributed by atoms with Gasteiger partial charge in [0.15, 0.2) is 0 Å². The Morgan fingerprint density at radius 1 is 1.45 bits per heavy atom. The van der Waals surface area contributed by atoms with E-state index in [1.54, 1.807) is 0 Å². The predicted molar refractivity (Wildman–Crippen MR) is 40.9 cm³/mol. The Bertz CT molecular complexity index is 189. The van der Waals surface area contributed by atoms with Crippen LogP contribution in [0, 0.1) is 0 Å². The van der Waals surface area contributed by atoms with Crippen molar-refractivity contribution in [1.82, 2.24) is 10.2 Å². The van der Waals surface area contributed by atoms with Crippen LogP contribution in [0.2, 0.25) is 0 Å². The molecule has 1 saturated heterocycles. The van der Waals surface area contributed by atoms with Gasteiger partial charge in [-0.1, -0.05) is 0 Å². The van der Waals surface area contributed by atoms with Crippen molar-refractivity contribution in [2.45, 2.75) is 12.8 Å². The Morgan fingerprint density at radius 2 is 2.00 bits per heavy atom. The molecule has 11 heavy (non-hydrogen) atoms. The summed E-state index contributed by atoms with van der Waals surface area (Å²) in [5.41, 5.74) is 0. The summed E-state index contributed by atoms with van der Waals surface area (Å²) < 4.78 is 0. The van der Waals surface area contributed by atoms with E-state index in [-0.39, 0.29) is 18.5 Å². The minimum absolute atomic E-state index is 0.135. The van der Waals surface area contributed by atoms with Crippen LogP contribution in [0.15, 0.2) is 0 Å². The monoisotopic (exact) mass is 151 g/mol. The Labute approximate surface area is 65.6 Å². The van der Waals surface area contributed by atoms with Crippen LogP contribution in [0.4, 0.5) is 0 Å². The van der Waals surface area contributed by atoms with Gasteiger partial charge < -0.3 is 0 Å². The molecule has 1 radical (unpaired) electrons. The first kappa shape index (κ1) is 7.98. The van der Waals surface area contributed by atoms with Crippen LogP contribution < -0.4 is 5.32 Å². The van der Waals surface area contributed by atoms with Crippen molar-refractivity contribution in [3.8, 4) is 0 Å². The van der Waals surface area contributed by atoms with Crippen molar-refractivity contribution in [3.05, 3.63) is 0 Å². The van der Waals surface area contributed by atoms with Gasteiger partial charge in [0.05, 0.1) is 0 Å². The first-order chi connectivity index (χ1) is 5.25. The van der Waals surface area contributed by atoms with Gasteiger partial charge in [-0.3, -0.25) is 0 Å². The van der Waals surface area contributed by atoms with Gasteiger partial charge in [0.1, 0.15) is 0 Å². The summed E-state index contributed by atoms with van der Waals surface area (Å²) in [6.45, 7) is 0.189. The van der Waals surface area contributed by atoms with Crippen molar-refractivity contribution in [3.63, 3.8) is 0 Å². The van der Waals surface area contributed by atoms with Gasteiger partial charge in [0.25, 0.3) is 0 Å². The molecule has 0 aliphatic carbocycles. The van der Waals surface area contributed by atoms with Crippen molar-refractivity contribution in [2.24, 2.45) is 0 Å². The molecular formula is C6H8BN2O2. The van der Waals surface area contributed by atoms with Gasteiger partial charge >= 0.3 is 64.7 Å². The van der Waals surface area contributed by atoms with Crippen LogP contribution in [-0.2, 0) is 9.59 Å². The molecule has 4 nitrogen and oxygen atoms in total. The fourth-order valence-corrected chi connectivity index (χ4v) is 0.943. The maximum atomic E-state index is 10.9. The topological polar surface area (TPSA) is 49.4 Å². The van der Waals surface area contributed by atoms with Crippen LogP contribution in [0.25, 0.3) is 0 Å². The van der Waals surface area contributed by atoms with Crippen molar-refractivity contribution < 1.29 is 9.59 Å². The second-order valence-corrected chi connectivity index (χ2v) is 2.24. The number of rotatable bonds is 3. The quantitative estimate of drug-likeness (QED) is 0.399. The molecule has 0 aromatic rings. The SMILES string of the molecule is [B]=CNCN1C(=O)CCC1=O. The third-order valence-electron chi connectivity index (χ3n) is 1.52. The number of hydrogen-bond donors (Lipinski definition) is 1. The molecule has 0 aromatic carbocycles. The zero-order valence-corrected chi connectivity index (χ0v) is 6.04. The zero-order chi connectivity index (χ0) is 8.27.